The highest BCUT2D eigenvalue weighted by atomic mass is 16.6. The number of ether oxygens (including phenoxy) is 1. The molecule has 0 saturated carbocycles. The fourth-order valence-corrected chi connectivity index (χ4v) is 1.33. The van der Waals surface area contributed by atoms with Gasteiger partial charge in [0, 0.05) is 18.2 Å². The van der Waals surface area contributed by atoms with Crippen LogP contribution < -0.4 is 5.32 Å². The van der Waals surface area contributed by atoms with E-state index in [4.69, 9.17) is 4.74 Å². The highest BCUT2D eigenvalue weighted by molar-refractivity contribution is 5.91. The first-order chi connectivity index (χ1) is 6.87. The van der Waals surface area contributed by atoms with E-state index in [0.29, 0.717) is 12.1 Å². The second kappa shape index (κ2) is 4.47. The molecule has 0 aromatic rings. The number of hydrogen-bond donors (Lipinski definition) is 1. The Morgan fingerprint density at radius 3 is 2.60 bits per heavy atom. The molecule has 1 aliphatic carbocycles. The largest absolute Gasteiger partial charge is 0.444 e. The number of carbonyl (C=O) groups is 2. The molecule has 1 amide bonds. The number of rotatable bonds is 1. The average Bonchev–Trinajstić information content (AvgIpc) is 1.99. The van der Waals surface area contributed by atoms with Crippen molar-refractivity contribution in [2.75, 3.05) is 0 Å². The van der Waals surface area contributed by atoms with Crippen molar-refractivity contribution in [3.8, 4) is 0 Å². The molecule has 15 heavy (non-hydrogen) atoms. The van der Waals surface area contributed by atoms with Crippen LogP contribution in [0, 0.1) is 0 Å². The molecule has 1 rings (SSSR count). The van der Waals surface area contributed by atoms with Crippen LogP contribution in [0.3, 0.4) is 0 Å². The molecule has 0 aromatic heterocycles. The third-order valence-corrected chi connectivity index (χ3v) is 1.87. The lowest BCUT2D eigenvalue weighted by molar-refractivity contribution is -0.115. The Morgan fingerprint density at radius 1 is 1.40 bits per heavy atom. The molecule has 4 nitrogen and oxygen atoms in total. The molecule has 0 unspecified atom stereocenters. The zero-order valence-corrected chi connectivity index (χ0v) is 9.42. The summed E-state index contributed by atoms with van der Waals surface area (Å²) in [5.74, 6) is 0.0623. The summed E-state index contributed by atoms with van der Waals surface area (Å²) in [6.07, 6.45) is 3.07. The number of hydrogen-bond acceptors (Lipinski definition) is 3. The molecule has 1 N–H and O–H groups in total. The van der Waals surface area contributed by atoms with Crippen molar-refractivity contribution in [1.29, 1.82) is 0 Å². The summed E-state index contributed by atoms with van der Waals surface area (Å²) in [5, 5.41) is 2.58. The fourth-order valence-electron chi connectivity index (χ4n) is 1.33. The summed E-state index contributed by atoms with van der Waals surface area (Å²) in [7, 11) is 0. The summed E-state index contributed by atoms with van der Waals surface area (Å²) in [5.41, 5.74) is 0.143. The smallest absolute Gasteiger partial charge is 0.411 e. The van der Waals surface area contributed by atoms with Crippen molar-refractivity contribution in [2.24, 2.45) is 0 Å². The van der Waals surface area contributed by atoms with Crippen LogP contribution in [0.4, 0.5) is 4.79 Å². The first-order valence-corrected chi connectivity index (χ1v) is 5.10. The van der Waals surface area contributed by atoms with Gasteiger partial charge < -0.3 is 4.74 Å². The van der Waals surface area contributed by atoms with Crippen molar-refractivity contribution in [3.63, 3.8) is 0 Å². The van der Waals surface area contributed by atoms with Crippen LogP contribution in [-0.4, -0.2) is 17.5 Å². The number of nitrogens with one attached hydrogen (secondary N) is 1. The standard InChI is InChI=1S/C11H17NO3/c1-11(2,3)15-10(14)12-8-5-4-6-9(13)7-8/h7H,4-6H2,1-3H3,(H,12,14). The van der Waals surface area contributed by atoms with E-state index in [2.05, 4.69) is 5.32 Å². The van der Waals surface area contributed by atoms with E-state index in [-0.39, 0.29) is 5.78 Å². The predicted molar refractivity (Wildman–Crippen MR) is 56.3 cm³/mol. The van der Waals surface area contributed by atoms with Gasteiger partial charge in [-0.25, -0.2) is 4.79 Å². The van der Waals surface area contributed by atoms with Crippen LogP contribution in [-0.2, 0) is 9.53 Å². The normalized spacial score (nSPS) is 17.0. The lowest BCUT2D eigenvalue weighted by Crippen LogP contribution is -2.32. The highest BCUT2D eigenvalue weighted by Crippen LogP contribution is 2.14. The van der Waals surface area contributed by atoms with Crippen LogP contribution in [0.25, 0.3) is 0 Å². The highest BCUT2D eigenvalue weighted by Gasteiger charge is 2.18. The van der Waals surface area contributed by atoms with Crippen LogP contribution in [0.15, 0.2) is 11.8 Å². The van der Waals surface area contributed by atoms with E-state index in [0.717, 1.165) is 12.8 Å². The zero-order chi connectivity index (χ0) is 11.5. The molecule has 0 aliphatic heterocycles. The number of alkyl carbamates (subject to hydrolysis) is 1. The second-order valence-electron chi connectivity index (χ2n) is 4.62. The molecule has 0 saturated heterocycles. The molecule has 0 bridgehead atoms. The van der Waals surface area contributed by atoms with Gasteiger partial charge in [0.25, 0.3) is 0 Å². The first-order valence-electron chi connectivity index (χ1n) is 5.10. The molecule has 0 radical (unpaired) electrons. The molecule has 1 aliphatic rings. The van der Waals surface area contributed by atoms with Crippen molar-refractivity contribution < 1.29 is 14.3 Å². The van der Waals surface area contributed by atoms with E-state index >= 15 is 0 Å². The maximum Gasteiger partial charge on any atom is 0.411 e. The Kier molecular flexibility index (Phi) is 3.50. The van der Waals surface area contributed by atoms with Gasteiger partial charge in [-0.1, -0.05) is 0 Å². The molecule has 0 fully saturated rings. The molecule has 0 spiro atoms. The van der Waals surface area contributed by atoms with Crippen LogP contribution >= 0.6 is 0 Å². The van der Waals surface area contributed by atoms with Crippen molar-refractivity contribution in [1.82, 2.24) is 5.32 Å². The zero-order valence-electron chi connectivity index (χ0n) is 9.42. The number of ketones is 1. The molecular weight excluding hydrogens is 194 g/mol. The summed E-state index contributed by atoms with van der Waals surface area (Å²) >= 11 is 0. The summed E-state index contributed by atoms with van der Waals surface area (Å²) < 4.78 is 5.07. The maximum atomic E-state index is 11.3. The Hall–Kier alpha value is -1.32. The van der Waals surface area contributed by atoms with Gasteiger partial charge >= 0.3 is 6.09 Å². The summed E-state index contributed by atoms with van der Waals surface area (Å²) in [6, 6.07) is 0. The van der Waals surface area contributed by atoms with Gasteiger partial charge in [0.1, 0.15) is 5.60 Å². The quantitative estimate of drug-likeness (QED) is 0.723. The van der Waals surface area contributed by atoms with Gasteiger partial charge in [-0.15, -0.1) is 0 Å². The fraction of sp³-hybridized carbons (Fsp3) is 0.636. The second-order valence-corrected chi connectivity index (χ2v) is 4.62. The van der Waals surface area contributed by atoms with E-state index < -0.39 is 11.7 Å². The minimum atomic E-state index is -0.511. The molecule has 0 aromatic carbocycles. The monoisotopic (exact) mass is 211 g/mol. The number of amides is 1. The van der Waals surface area contributed by atoms with Gasteiger partial charge in [0.05, 0.1) is 0 Å². The van der Waals surface area contributed by atoms with Crippen molar-refractivity contribution in [2.45, 2.75) is 45.6 Å². The predicted octanol–water partition coefficient (Wildman–Crippen LogP) is 2.15. The van der Waals surface area contributed by atoms with E-state index in [1.165, 1.54) is 6.08 Å². The van der Waals surface area contributed by atoms with E-state index in [1.807, 2.05) is 0 Å². The Morgan fingerprint density at radius 2 is 2.07 bits per heavy atom. The number of allylic oxidation sites excluding steroid dienone is 2. The molecule has 4 heteroatoms. The lowest BCUT2D eigenvalue weighted by Gasteiger charge is -2.21. The van der Waals surface area contributed by atoms with E-state index in [9.17, 15) is 9.59 Å². The van der Waals surface area contributed by atoms with Gasteiger partial charge in [0.2, 0.25) is 0 Å². The van der Waals surface area contributed by atoms with Crippen molar-refractivity contribution >= 4 is 11.9 Å². The molecule has 0 atom stereocenters. The molecular formula is C11H17NO3. The van der Waals surface area contributed by atoms with Crippen LogP contribution in [0.5, 0.6) is 0 Å². The Labute approximate surface area is 89.7 Å². The summed E-state index contributed by atoms with van der Waals surface area (Å²) in [4.78, 5) is 22.4. The number of carbonyl (C=O) groups excluding carboxylic acids is 2. The Bertz CT molecular complexity index is 299. The van der Waals surface area contributed by atoms with Crippen LogP contribution in [0.2, 0.25) is 0 Å². The molecule has 0 heterocycles. The minimum Gasteiger partial charge on any atom is -0.444 e. The van der Waals surface area contributed by atoms with Gasteiger partial charge in [-0.05, 0) is 33.6 Å². The van der Waals surface area contributed by atoms with Gasteiger partial charge in [-0.2, -0.15) is 0 Å². The van der Waals surface area contributed by atoms with Crippen molar-refractivity contribution in [3.05, 3.63) is 11.8 Å². The average molecular weight is 211 g/mol. The topological polar surface area (TPSA) is 55.4 Å². The first kappa shape index (κ1) is 11.8. The third-order valence-electron chi connectivity index (χ3n) is 1.87. The molecule has 84 valence electrons. The Balaban J connectivity index is 2.48. The van der Waals surface area contributed by atoms with E-state index in [1.54, 1.807) is 20.8 Å². The SMILES string of the molecule is CC(C)(C)OC(=O)NC1=CC(=O)CCC1. The minimum absolute atomic E-state index is 0.0623. The van der Waals surface area contributed by atoms with Gasteiger partial charge in [-0.3, -0.25) is 10.1 Å². The summed E-state index contributed by atoms with van der Waals surface area (Å²) in [6.45, 7) is 5.40. The van der Waals surface area contributed by atoms with Gasteiger partial charge in [0.15, 0.2) is 5.78 Å². The lowest BCUT2D eigenvalue weighted by atomic mass is 10.0. The van der Waals surface area contributed by atoms with Crippen LogP contribution in [0.1, 0.15) is 40.0 Å². The maximum absolute atomic E-state index is 11.3. The third kappa shape index (κ3) is 4.63.